The van der Waals surface area contributed by atoms with E-state index in [2.05, 4.69) is 11.8 Å². The van der Waals surface area contributed by atoms with Gasteiger partial charge in [-0.3, -0.25) is 4.90 Å². The molecule has 0 aliphatic rings. The lowest BCUT2D eigenvalue weighted by molar-refractivity contribution is 0.277. The normalized spacial score (nSPS) is 14.0. The molecule has 0 fully saturated rings. The molecule has 0 spiro atoms. The highest BCUT2D eigenvalue weighted by atomic mass is 16.3. The zero-order valence-electron chi connectivity index (χ0n) is 6.66. The zero-order chi connectivity index (χ0) is 7.56. The fraction of sp³-hybridized carbons (Fsp3) is 0.500. The first-order chi connectivity index (χ1) is 4.72. The van der Waals surface area contributed by atoms with Crippen molar-refractivity contribution < 1.29 is 4.42 Å². The Bertz CT molecular complexity index is 179. The molecule has 0 saturated heterocycles. The summed E-state index contributed by atoms with van der Waals surface area (Å²) >= 11 is 0. The largest absolute Gasteiger partial charge is 0.468 e. The first kappa shape index (κ1) is 7.35. The van der Waals surface area contributed by atoms with Gasteiger partial charge in [-0.2, -0.15) is 0 Å². The van der Waals surface area contributed by atoms with Crippen LogP contribution >= 0.6 is 0 Å². The molecule has 1 unspecified atom stereocenters. The van der Waals surface area contributed by atoms with E-state index >= 15 is 0 Å². The van der Waals surface area contributed by atoms with Crippen LogP contribution < -0.4 is 0 Å². The van der Waals surface area contributed by atoms with Crippen LogP contribution in [-0.2, 0) is 0 Å². The topological polar surface area (TPSA) is 16.4 Å². The van der Waals surface area contributed by atoms with Gasteiger partial charge in [0.1, 0.15) is 5.76 Å². The quantitative estimate of drug-likeness (QED) is 0.622. The summed E-state index contributed by atoms with van der Waals surface area (Å²) in [5.41, 5.74) is 0. The Kier molecular flexibility index (Phi) is 2.12. The van der Waals surface area contributed by atoms with Crippen LogP contribution in [0.2, 0.25) is 0 Å². The first-order valence-electron chi connectivity index (χ1n) is 3.41. The number of nitrogens with zero attached hydrogens (tertiary/aromatic N) is 1. The minimum absolute atomic E-state index is 0.370. The van der Waals surface area contributed by atoms with Crippen LogP contribution in [0.4, 0.5) is 0 Å². The molecule has 0 bridgehead atoms. The van der Waals surface area contributed by atoms with Crippen molar-refractivity contribution in [2.24, 2.45) is 0 Å². The van der Waals surface area contributed by atoms with Gasteiger partial charge in [0.2, 0.25) is 0 Å². The average Bonchev–Trinajstić information content (AvgIpc) is 2.36. The Hall–Kier alpha value is -0.760. The van der Waals surface area contributed by atoms with Gasteiger partial charge < -0.3 is 4.42 Å². The van der Waals surface area contributed by atoms with Gasteiger partial charge in [0.15, 0.2) is 0 Å². The summed E-state index contributed by atoms with van der Waals surface area (Å²) in [5.74, 6) is 1.02. The predicted octanol–water partition coefficient (Wildman–Crippen LogP) is 1.90. The third kappa shape index (κ3) is 1.39. The van der Waals surface area contributed by atoms with Gasteiger partial charge >= 0.3 is 0 Å². The standard InChI is InChI=1S/C8H13NO/c1-7(9(2)3)8-5-4-6-10-8/h4-7H,1-3H3. The minimum atomic E-state index is 0.370. The van der Waals surface area contributed by atoms with Gasteiger partial charge in [0, 0.05) is 0 Å². The van der Waals surface area contributed by atoms with Crippen molar-refractivity contribution in [2.45, 2.75) is 13.0 Å². The second-order valence-electron chi connectivity index (χ2n) is 2.66. The molecule has 0 aliphatic carbocycles. The molecule has 2 heteroatoms. The summed E-state index contributed by atoms with van der Waals surface area (Å²) in [4.78, 5) is 2.11. The van der Waals surface area contributed by atoms with Gasteiger partial charge in [0.05, 0.1) is 12.3 Å². The molecular weight excluding hydrogens is 126 g/mol. The molecule has 1 atom stereocenters. The highest BCUT2D eigenvalue weighted by molar-refractivity contribution is 5.02. The van der Waals surface area contributed by atoms with Gasteiger partial charge in [-0.15, -0.1) is 0 Å². The van der Waals surface area contributed by atoms with Crippen LogP contribution in [0.3, 0.4) is 0 Å². The summed E-state index contributed by atoms with van der Waals surface area (Å²) in [7, 11) is 4.07. The maximum Gasteiger partial charge on any atom is 0.120 e. The molecule has 2 nitrogen and oxygen atoms in total. The molecule has 0 amide bonds. The third-order valence-corrected chi connectivity index (χ3v) is 1.73. The zero-order valence-corrected chi connectivity index (χ0v) is 6.66. The van der Waals surface area contributed by atoms with E-state index < -0.39 is 0 Å². The predicted molar refractivity (Wildman–Crippen MR) is 40.8 cm³/mol. The van der Waals surface area contributed by atoms with Crippen LogP contribution in [0.25, 0.3) is 0 Å². The minimum Gasteiger partial charge on any atom is -0.468 e. The molecule has 0 aliphatic heterocycles. The summed E-state index contributed by atoms with van der Waals surface area (Å²) in [5, 5.41) is 0. The van der Waals surface area contributed by atoms with Crippen molar-refractivity contribution in [3.63, 3.8) is 0 Å². The van der Waals surface area contributed by atoms with Crippen LogP contribution in [0.1, 0.15) is 18.7 Å². The van der Waals surface area contributed by atoms with Crippen molar-refractivity contribution in [2.75, 3.05) is 14.1 Å². The lowest BCUT2D eigenvalue weighted by atomic mass is 10.2. The fourth-order valence-corrected chi connectivity index (χ4v) is 0.783. The van der Waals surface area contributed by atoms with Crippen LogP contribution in [-0.4, -0.2) is 19.0 Å². The number of hydrogen-bond donors (Lipinski definition) is 0. The Morgan fingerprint density at radius 2 is 2.20 bits per heavy atom. The molecular formula is C8H13NO. The monoisotopic (exact) mass is 139 g/mol. The average molecular weight is 139 g/mol. The number of furan rings is 1. The van der Waals surface area contributed by atoms with Gasteiger partial charge in [-0.05, 0) is 33.2 Å². The Morgan fingerprint density at radius 1 is 1.50 bits per heavy atom. The maximum absolute atomic E-state index is 5.21. The van der Waals surface area contributed by atoms with Crippen molar-refractivity contribution in [1.29, 1.82) is 0 Å². The van der Waals surface area contributed by atoms with Gasteiger partial charge in [-0.25, -0.2) is 0 Å². The number of rotatable bonds is 2. The lowest BCUT2D eigenvalue weighted by Gasteiger charge is -2.16. The number of hydrogen-bond acceptors (Lipinski definition) is 2. The highest BCUT2D eigenvalue weighted by Gasteiger charge is 2.08. The van der Waals surface area contributed by atoms with E-state index in [0.717, 1.165) is 5.76 Å². The van der Waals surface area contributed by atoms with Crippen LogP contribution in [0, 0.1) is 0 Å². The molecule has 1 heterocycles. The van der Waals surface area contributed by atoms with E-state index in [1.165, 1.54) is 0 Å². The van der Waals surface area contributed by atoms with Crippen molar-refractivity contribution in [1.82, 2.24) is 4.90 Å². The molecule has 0 N–H and O–H groups in total. The van der Waals surface area contributed by atoms with Crippen molar-refractivity contribution >= 4 is 0 Å². The molecule has 1 aromatic heterocycles. The molecule has 0 aromatic carbocycles. The summed E-state index contributed by atoms with van der Waals surface area (Å²) in [6, 6.07) is 4.27. The third-order valence-electron chi connectivity index (χ3n) is 1.73. The van der Waals surface area contributed by atoms with E-state index in [9.17, 15) is 0 Å². The molecule has 10 heavy (non-hydrogen) atoms. The van der Waals surface area contributed by atoms with E-state index in [0.29, 0.717) is 6.04 Å². The van der Waals surface area contributed by atoms with E-state index in [4.69, 9.17) is 4.42 Å². The van der Waals surface area contributed by atoms with E-state index in [1.54, 1.807) is 6.26 Å². The van der Waals surface area contributed by atoms with E-state index in [-0.39, 0.29) is 0 Å². The Labute approximate surface area is 61.4 Å². The second-order valence-corrected chi connectivity index (χ2v) is 2.66. The molecule has 1 rings (SSSR count). The molecule has 56 valence electrons. The second kappa shape index (κ2) is 2.88. The molecule has 0 radical (unpaired) electrons. The van der Waals surface area contributed by atoms with Gasteiger partial charge in [0.25, 0.3) is 0 Å². The fourth-order valence-electron chi connectivity index (χ4n) is 0.783. The van der Waals surface area contributed by atoms with Gasteiger partial charge in [-0.1, -0.05) is 0 Å². The van der Waals surface area contributed by atoms with Crippen LogP contribution in [0.5, 0.6) is 0 Å². The highest BCUT2D eigenvalue weighted by Crippen LogP contribution is 2.16. The lowest BCUT2D eigenvalue weighted by Crippen LogP contribution is -2.15. The summed E-state index contributed by atoms with van der Waals surface area (Å²) in [6.07, 6.45) is 1.70. The SMILES string of the molecule is CC(c1ccco1)N(C)C. The smallest absolute Gasteiger partial charge is 0.120 e. The summed E-state index contributed by atoms with van der Waals surface area (Å²) in [6.45, 7) is 2.11. The first-order valence-corrected chi connectivity index (χ1v) is 3.41. The Balaban J connectivity index is 2.68. The van der Waals surface area contributed by atoms with Crippen molar-refractivity contribution in [3.05, 3.63) is 24.2 Å². The maximum atomic E-state index is 5.21. The molecule has 1 aromatic rings. The van der Waals surface area contributed by atoms with E-state index in [1.807, 2.05) is 26.2 Å². The molecule has 0 saturated carbocycles. The summed E-state index contributed by atoms with van der Waals surface area (Å²) < 4.78 is 5.21. The Morgan fingerprint density at radius 3 is 2.60 bits per heavy atom. The van der Waals surface area contributed by atoms with Crippen molar-refractivity contribution in [3.8, 4) is 0 Å². The van der Waals surface area contributed by atoms with Crippen LogP contribution in [0.15, 0.2) is 22.8 Å².